The Morgan fingerprint density at radius 1 is 0.939 bits per heavy atom. The van der Waals surface area contributed by atoms with Gasteiger partial charge in [0.1, 0.15) is 23.1 Å². The SMILES string of the molecule is O=C(COc1ccc(Cl)c(F)c1)NC12CCC(NNCCCOc3ccc(Cl)c(F)c3)(C1)C2. The van der Waals surface area contributed by atoms with Crippen LogP contribution in [0.5, 0.6) is 11.5 Å². The van der Waals surface area contributed by atoms with Gasteiger partial charge in [0, 0.05) is 29.8 Å². The summed E-state index contributed by atoms with van der Waals surface area (Å²) < 4.78 is 37.8. The molecule has 2 aromatic carbocycles. The zero-order valence-corrected chi connectivity index (χ0v) is 19.4. The number of nitrogens with one attached hydrogen (secondary N) is 3. The minimum atomic E-state index is -0.586. The van der Waals surface area contributed by atoms with Crippen LogP contribution in [0.1, 0.15) is 32.1 Å². The molecule has 3 aliphatic carbocycles. The van der Waals surface area contributed by atoms with Crippen LogP contribution in [-0.2, 0) is 4.79 Å². The standard InChI is InChI=1S/C23H25Cl2F2N3O3/c24-17-4-2-15(10-19(17)26)32-9-1-8-28-30-23-7-6-22(13-23,14-23)29-21(31)12-33-16-3-5-18(25)20(27)11-16/h2-5,10-11,28,30H,1,6-9,12-14H2,(H,29,31). The van der Waals surface area contributed by atoms with E-state index in [2.05, 4.69) is 16.2 Å². The van der Waals surface area contributed by atoms with E-state index in [0.29, 0.717) is 18.9 Å². The molecule has 0 spiro atoms. The Kier molecular flexibility index (Phi) is 7.28. The van der Waals surface area contributed by atoms with Crippen LogP contribution in [-0.4, -0.2) is 36.7 Å². The van der Waals surface area contributed by atoms with E-state index in [9.17, 15) is 13.6 Å². The van der Waals surface area contributed by atoms with Gasteiger partial charge >= 0.3 is 0 Å². The Morgan fingerprint density at radius 2 is 1.55 bits per heavy atom. The molecule has 0 radical (unpaired) electrons. The largest absolute Gasteiger partial charge is 0.493 e. The van der Waals surface area contributed by atoms with Gasteiger partial charge in [-0.15, -0.1) is 0 Å². The van der Waals surface area contributed by atoms with Crippen molar-refractivity contribution < 1.29 is 23.0 Å². The van der Waals surface area contributed by atoms with Gasteiger partial charge in [0.2, 0.25) is 0 Å². The fourth-order valence-electron chi connectivity index (χ4n) is 4.59. The third-order valence-corrected chi connectivity index (χ3v) is 6.67. The van der Waals surface area contributed by atoms with Crippen molar-refractivity contribution in [1.82, 2.24) is 16.2 Å². The summed E-state index contributed by atoms with van der Waals surface area (Å²) in [4.78, 5) is 12.3. The molecule has 0 atom stereocenters. The normalized spacial score (nSPS) is 23.2. The summed E-state index contributed by atoms with van der Waals surface area (Å²) in [5.41, 5.74) is 6.36. The van der Waals surface area contributed by atoms with Gasteiger partial charge in [-0.05, 0) is 56.4 Å². The van der Waals surface area contributed by atoms with Crippen LogP contribution in [0.15, 0.2) is 36.4 Å². The van der Waals surface area contributed by atoms with E-state index in [1.807, 2.05) is 0 Å². The molecule has 3 N–H and O–H groups in total. The molecule has 5 rings (SSSR count). The summed E-state index contributed by atoms with van der Waals surface area (Å²) in [5, 5.41) is 3.15. The number of carbonyl (C=O) groups is 1. The molecule has 0 unspecified atom stereocenters. The smallest absolute Gasteiger partial charge is 0.258 e. The van der Waals surface area contributed by atoms with Crippen molar-refractivity contribution in [2.24, 2.45) is 0 Å². The van der Waals surface area contributed by atoms with Crippen molar-refractivity contribution in [3.63, 3.8) is 0 Å². The first kappa shape index (κ1) is 24.0. The van der Waals surface area contributed by atoms with E-state index in [1.165, 1.54) is 24.3 Å². The second-order valence-corrected chi connectivity index (χ2v) is 9.47. The van der Waals surface area contributed by atoms with E-state index in [-0.39, 0.29) is 39.4 Å². The van der Waals surface area contributed by atoms with Gasteiger partial charge in [0.15, 0.2) is 6.61 Å². The second-order valence-electron chi connectivity index (χ2n) is 8.66. The highest BCUT2D eigenvalue weighted by Crippen LogP contribution is 2.54. The summed E-state index contributed by atoms with van der Waals surface area (Å²) in [5.74, 6) is -0.611. The quantitative estimate of drug-likeness (QED) is 0.315. The molecule has 2 bridgehead atoms. The molecular formula is C23H25Cl2F2N3O3. The van der Waals surface area contributed by atoms with Crippen LogP contribution >= 0.6 is 23.2 Å². The molecule has 33 heavy (non-hydrogen) atoms. The molecule has 0 saturated heterocycles. The van der Waals surface area contributed by atoms with E-state index in [1.54, 1.807) is 6.07 Å². The van der Waals surface area contributed by atoms with E-state index < -0.39 is 11.6 Å². The third-order valence-electron chi connectivity index (χ3n) is 6.06. The zero-order chi connectivity index (χ0) is 23.5. The maximum absolute atomic E-state index is 13.5. The molecule has 2 aromatic rings. The predicted octanol–water partition coefficient (Wildman–Crippen LogP) is 4.40. The number of fused-ring (bicyclic) bond motifs is 1. The molecule has 3 aliphatic rings. The van der Waals surface area contributed by atoms with Gasteiger partial charge in [0.25, 0.3) is 5.91 Å². The summed E-state index contributed by atoms with van der Waals surface area (Å²) in [6.45, 7) is 0.946. The predicted molar refractivity (Wildman–Crippen MR) is 122 cm³/mol. The van der Waals surface area contributed by atoms with Crippen LogP contribution in [0.4, 0.5) is 8.78 Å². The average molecular weight is 500 g/mol. The minimum Gasteiger partial charge on any atom is -0.493 e. The van der Waals surface area contributed by atoms with Crippen LogP contribution in [0.25, 0.3) is 0 Å². The number of amides is 1. The molecule has 3 saturated carbocycles. The number of ether oxygens (including phenoxy) is 2. The molecule has 178 valence electrons. The molecule has 3 fully saturated rings. The van der Waals surface area contributed by atoms with Gasteiger partial charge in [0.05, 0.1) is 16.7 Å². The molecule has 0 aliphatic heterocycles. The first-order valence-corrected chi connectivity index (χ1v) is 11.5. The van der Waals surface area contributed by atoms with Gasteiger partial charge in [-0.1, -0.05) is 23.2 Å². The highest BCUT2D eigenvalue weighted by molar-refractivity contribution is 6.31. The van der Waals surface area contributed by atoms with Crippen molar-refractivity contribution in [2.75, 3.05) is 19.8 Å². The minimum absolute atomic E-state index is 0.00744. The van der Waals surface area contributed by atoms with Crippen LogP contribution in [0.3, 0.4) is 0 Å². The van der Waals surface area contributed by atoms with E-state index in [4.69, 9.17) is 32.7 Å². The van der Waals surface area contributed by atoms with E-state index in [0.717, 1.165) is 38.2 Å². The highest BCUT2D eigenvalue weighted by atomic mass is 35.5. The number of halogens is 4. The summed E-state index contributed by atoms with van der Waals surface area (Å²) in [7, 11) is 0. The maximum Gasteiger partial charge on any atom is 0.258 e. The lowest BCUT2D eigenvalue weighted by Crippen LogP contribution is -2.66. The first-order valence-electron chi connectivity index (χ1n) is 10.8. The van der Waals surface area contributed by atoms with Gasteiger partial charge in [-0.25, -0.2) is 8.78 Å². The summed E-state index contributed by atoms with van der Waals surface area (Å²) in [6.07, 6.45) is 4.22. The van der Waals surface area contributed by atoms with Crippen molar-refractivity contribution >= 4 is 29.1 Å². The molecule has 10 heteroatoms. The Labute approximate surface area is 200 Å². The Hall–Kier alpha value is -2.13. The summed E-state index contributed by atoms with van der Waals surface area (Å²) >= 11 is 11.3. The number of rotatable bonds is 11. The number of hydrogen-bond donors (Lipinski definition) is 3. The van der Waals surface area contributed by atoms with Gasteiger partial charge in [-0.2, -0.15) is 0 Å². The van der Waals surface area contributed by atoms with Crippen molar-refractivity contribution in [3.8, 4) is 11.5 Å². The summed E-state index contributed by atoms with van der Waals surface area (Å²) in [6, 6.07) is 8.45. The number of hydrazine groups is 1. The maximum atomic E-state index is 13.5. The lowest BCUT2D eigenvalue weighted by atomic mass is 9.71. The number of benzene rings is 2. The monoisotopic (exact) mass is 499 g/mol. The fourth-order valence-corrected chi connectivity index (χ4v) is 4.83. The van der Waals surface area contributed by atoms with Crippen LogP contribution < -0.4 is 25.6 Å². The number of carbonyl (C=O) groups excluding carboxylic acids is 1. The number of hydrogen-bond acceptors (Lipinski definition) is 5. The molecule has 0 aromatic heterocycles. The third kappa shape index (κ3) is 5.87. The molecule has 0 heterocycles. The highest BCUT2D eigenvalue weighted by Gasteiger charge is 2.61. The van der Waals surface area contributed by atoms with Crippen molar-refractivity contribution in [2.45, 2.75) is 43.2 Å². The Morgan fingerprint density at radius 3 is 2.18 bits per heavy atom. The zero-order valence-electron chi connectivity index (χ0n) is 17.9. The average Bonchev–Trinajstić information content (AvgIpc) is 3.29. The van der Waals surface area contributed by atoms with Crippen LogP contribution in [0.2, 0.25) is 10.0 Å². The molecule has 6 nitrogen and oxygen atoms in total. The first-order chi connectivity index (χ1) is 15.8. The second kappa shape index (κ2) is 10.0. The fraction of sp³-hybridized carbons (Fsp3) is 0.435. The van der Waals surface area contributed by atoms with Crippen LogP contribution in [0, 0.1) is 11.6 Å². The molecular weight excluding hydrogens is 475 g/mol. The van der Waals surface area contributed by atoms with Crippen molar-refractivity contribution in [1.29, 1.82) is 0 Å². The Balaban J connectivity index is 1.11. The Bertz CT molecular complexity index is 1020. The topological polar surface area (TPSA) is 71.6 Å². The van der Waals surface area contributed by atoms with Crippen molar-refractivity contribution in [3.05, 3.63) is 58.1 Å². The lowest BCUT2D eigenvalue weighted by molar-refractivity contribution is -0.126. The van der Waals surface area contributed by atoms with E-state index >= 15 is 0 Å². The van der Waals surface area contributed by atoms with Gasteiger partial charge in [-0.3, -0.25) is 15.6 Å². The van der Waals surface area contributed by atoms with Gasteiger partial charge < -0.3 is 14.8 Å². The molecule has 1 amide bonds. The lowest BCUT2D eigenvalue weighted by Gasteiger charge is -2.48.